The lowest BCUT2D eigenvalue weighted by Gasteiger charge is -2.11. The number of carbonyl (C=O) groups excluding carboxylic acids is 1. The second kappa shape index (κ2) is 6.80. The lowest BCUT2D eigenvalue weighted by Crippen LogP contribution is -2.07. The van der Waals surface area contributed by atoms with Crippen molar-refractivity contribution in [3.63, 3.8) is 0 Å². The fourth-order valence-electron chi connectivity index (χ4n) is 2.93. The molecule has 0 unspecified atom stereocenters. The van der Waals surface area contributed by atoms with E-state index in [0.29, 0.717) is 17.9 Å². The van der Waals surface area contributed by atoms with Crippen LogP contribution < -0.4 is 4.74 Å². The normalized spacial score (nSPS) is 14.0. The maximum absolute atomic E-state index is 12.0. The van der Waals surface area contributed by atoms with Gasteiger partial charge in [-0.05, 0) is 35.9 Å². The van der Waals surface area contributed by atoms with E-state index in [0.717, 1.165) is 28.1 Å². The molecule has 0 amide bonds. The first-order valence-corrected chi connectivity index (χ1v) is 8.19. The van der Waals surface area contributed by atoms with Crippen LogP contribution >= 0.6 is 0 Å². The molecule has 5 heteroatoms. The Morgan fingerprint density at radius 2 is 2.00 bits per heavy atom. The molecule has 0 N–H and O–H groups in total. The summed E-state index contributed by atoms with van der Waals surface area (Å²) in [6, 6.07) is 16.9. The molecule has 128 valence electrons. The van der Waals surface area contributed by atoms with Gasteiger partial charge in [-0.15, -0.1) is 0 Å². The van der Waals surface area contributed by atoms with Crippen molar-refractivity contribution in [2.24, 2.45) is 4.99 Å². The van der Waals surface area contributed by atoms with Crippen molar-refractivity contribution in [3.05, 3.63) is 89.2 Å². The summed E-state index contributed by atoms with van der Waals surface area (Å²) in [5.41, 5.74) is 4.68. The Morgan fingerprint density at radius 3 is 2.81 bits per heavy atom. The van der Waals surface area contributed by atoms with E-state index < -0.39 is 5.97 Å². The minimum absolute atomic E-state index is 0.397. The number of aromatic nitrogens is 1. The minimum atomic E-state index is -0.397. The molecule has 0 saturated heterocycles. The molecular weight excluding hydrogens is 328 g/mol. The molecule has 5 nitrogen and oxygen atoms in total. The zero-order valence-corrected chi connectivity index (χ0v) is 14.2. The number of hydrogen-bond donors (Lipinski definition) is 0. The van der Waals surface area contributed by atoms with Crippen LogP contribution in [0, 0.1) is 0 Å². The molecule has 4 rings (SSSR count). The first-order chi connectivity index (χ1) is 12.8. The highest BCUT2D eigenvalue weighted by molar-refractivity contribution is 6.17. The van der Waals surface area contributed by atoms with Crippen molar-refractivity contribution < 1.29 is 14.3 Å². The topological polar surface area (TPSA) is 60.8 Å². The lowest BCUT2D eigenvalue weighted by atomic mass is 9.96. The van der Waals surface area contributed by atoms with Gasteiger partial charge in [-0.2, -0.15) is 0 Å². The number of carbonyl (C=O) groups is 1. The third-order valence-electron chi connectivity index (χ3n) is 4.20. The highest BCUT2D eigenvalue weighted by Crippen LogP contribution is 2.31. The van der Waals surface area contributed by atoms with Crippen molar-refractivity contribution in [2.45, 2.75) is 6.61 Å². The van der Waals surface area contributed by atoms with E-state index in [1.54, 1.807) is 30.6 Å². The smallest absolute Gasteiger partial charge is 0.337 e. The van der Waals surface area contributed by atoms with E-state index in [-0.39, 0.29) is 0 Å². The summed E-state index contributed by atoms with van der Waals surface area (Å²) >= 11 is 0. The van der Waals surface area contributed by atoms with Gasteiger partial charge < -0.3 is 9.47 Å². The molecule has 1 aromatic heterocycles. The van der Waals surface area contributed by atoms with E-state index in [4.69, 9.17) is 14.5 Å². The Kier molecular flexibility index (Phi) is 4.19. The number of hydrogen-bond acceptors (Lipinski definition) is 5. The van der Waals surface area contributed by atoms with Crippen LogP contribution in [0.15, 0.2) is 72.0 Å². The highest BCUT2D eigenvalue weighted by Gasteiger charge is 2.22. The molecule has 0 bridgehead atoms. The van der Waals surface area contributed by atoms with Crippen LogP contribution in [0.25, 0.3) is 0 Å². The van der Waals surface area contributed by atoms with Gasteiger partial charge in [0, 0.05) is 17.3 Å². The number of fused-ring (bicyclic) bond motifs is 2. The van der Waals surface area contributed by atoms with Gasteiger partial charge in [-0.25, -0.2) is 9.79 Å². The largest absolute Gasteiger partial charge is 0.488 e. The average molecular weight is 344 g/mol. The SMILES string of the molecule is COC(=O)c1ccc2c(c1)C(=Nc1cccnc1)c1ccccc1CO2. The summed E-state index contributed by atoms with van der Waals surface area (Å²) in [5, 5.41) is 0. The summed E-state index contributed by atoms with van der Waals surface area (Å²) in [6.07, 6.45) is 3.41. The number of benzene rings is 2. The van der Waals surface area contributed by atoms with Gasteiger partial charge >= 0.3 is 5.97 Å². The zero-order valence-electron chi connectivity index (χ0n) is 14.2. The molecule has 26 heavy (non-hydrogen) atoms. The van der Waals surface area contributed by atoms with E-state index >= 15 is 0 Å². The third-order valence-corrected chi connectivity index (χ3v) is 4.20. The van der Waals surface area contributed by atoms with Gasteiger partial charge in [0.25, 0.3) is 0 Å². The lowest BCUT2D eigenvalue weighted by molar-refractivity contribution is 0.0600. The summed E-state index contributed by atoms with van der Waals surface area (Å²) in [4.78, 5) is 20.9. The standard InChI is InChI=1S/C21H16N2O3/c1-25-21(24)14-8-9-19-18(11-14)20(23-16-6-4-10-22-12-16)17-7-3-2-5-15(17)13-26-19/h2-12H,13H2,1H3. The summed E-state index contributed by atoms with van der Waals surface area (Å²) < 4.78 is 10.8. The van der Waals surface area contributed by atoms with Crippen molar-refractivity contribution in [1.29, 1.82) is 0 Å². The number of aliphatic imine (C=N–C) groups is 1. The van der Waals surface area contributed by atoms with Crippen LogP contribution in [0.3, 0.4) is 0 Å². The molecule has 0 fully saturated rings. The number of esters is 1. The van der Waals surface area contributed by atoms with Gasteiger partial charge in [0.1, 0.15) is 12.4 Å². The number of ether oxygens (including phenoxy) is 2. The van der Waals surface area contributed by atoms with Crippen LogP contribution in [-0.4, -0.2) is 23.8 Å². The minimum Gasteiger partial charge on any atom is -0.488 e. The maximum atomic E-state index is 12.0. The predicted molar refractivity (Wildman–Crippen MR) is 98.1 cm³/mol. The Bertz CT molecular complexity index is 997. The Balaban J connectivity index is 1.96. The Hall–Kier alpha value is -3.47. The Morgan fingerprint density at radius 1 is 1.12 bits per heavy atom. The van der Waals surface area contributed by atoms with Crippen molar-refractivity contribution in [1.82, 2.24) is 4.98 Å². The number of nitrogens with zero attached hydrogens (tertiary/aromatic N) is 2. The van der Waals surface area contributed by atoms with Gasteiger partial charge in [-0.1, -0.05) is 24.3 Å². The van der Waals surface area contributed by atoms with Crippen molar-refractivity contribution >= 4 is 17.4 Å². The third kappa shape index (κ3) is 2.95. The molecule has 0 atom stereocenters. The van der Waals surface area contributed by atoms with Gasteiger partial charge in [0.2, 0.25) is 0 Å². The second-order valence-corrected chi connectivity index (χ2v) is 5.82. The number of rotatable bonds is 2. The van der Waals surface area contributed by atoms with Gasteiger partial charge in [-0.3, -0.25) is 4.98 Å². The van der Waals surface area contributed by atoms with E-state index in [1.165, 1.54) is 7.11 Å². The maximum Gasteiger partial charge on any atom is 0.337 e. The molecule has 1 aliphatic heterocycles. The molecule has 0 saturated carbocycles. The molecular formula is C21H16N2O3. The van der Waals surface area contributed by atoms with Gasteiger partial charge in [0.05, 0.1) is 30.3 Å². The zero-order chi connectivity index (χ0) is 17.9. The van der Waals surface area contributed by atoms with Crippen LogP contribution in [0.4, 0.5) is 5.69 Å². The molecule has 0 radical (unpaired) electrons. The average Bonchev–Trinajstić information content (AvgIpc) is 2.85. The van der Waals surface area contributed by atoms with Crippen molar-refractivity contribution in [3.8, 4) is 5.75 Å². The van der Waals surface area contributed by atoms with Gasteiger partial charge in [0.15, 0.2) is 0 Å². The summed E-state index contributed by atoms with van der Waals surface area (Å²) in [5.74, 6) is 0.280. The predicted octanol–water partition coefficient (Wildman–Crippen LogP) is 3.93. The van der Waals surface area contributed by atoms with Crippen LogP contribution in [0.2, 0.25) is 0 Å². The number of pyridine rings is 1. The molecule has 2 aromatic carbocycles. The quantitative estimate of drug-likeness (QED) is 0.661. The van der Waals surface area contributed by atoms with E-state index in [9.17, 15) is 4.79 Å². The van der Waals surface area contributed by atoms with Crippen LogP contribution in [0.1, 0.15) is 27.0 Å². The molecule has 2 heterocycles. The van der Waals surface area contributed by atoms with E-state index in [1.807, 2.05) is 36.4 Å². The first kappa shape index (κ1) is 16.0. The van der Waals surface area contributed by atoms with Crippen LogP contribution in [0.5, 0.6) is 5.75 Å². The number of methoxy groups -OCH3 is 1. The second-order valence-electron chi connectivity index (χ2n) is 5.82. The van der Waals surface area contributed by atoms with Crippen LogP contribution in [-0.2, 0) is 11.3 Å². The molecule has 0 aliphatic carbocycles. The molecule has 1 aliphatic rings. The van der Waals surface area contributed by atoms with Crippen molar-refractivity contribution in [2.75, 3.05) is 7.11 Å². The fraction of sp³-hybridized carbons (Fsp3) is 0.0952. The first-order valence-electron chi connectivity index (χ1n) is 8.19. The summed E-state index contributed by atoms with van der Waals surface area (Å²) in [7, 11) is 1.37. The summed E-state index contributed by atoms with van der Waals surface area (Å²) in [6.45, 7) is 0.437. The molecule has 0 spiro atoms. The highest BCUT2D eigenvalue weighted by atomic mass is 16.5. The monoisotopic (exact) mass is 344 g/mol. The fourth-order valence-corrected chi connectivity index (χ4v) is 2.93. The van der Waals surface area contributed by atoms with E-state index in [2.05, 4.69) is 4.98 Å². The Labute approximate surface area is 151 Å². The molecule has 3 aromatic rings.